The number of hydrogen-bond acceptors (Lipinski definition) is 3. The molecule has 1 aliphatic heterocycles. The summed E-state index contributed by atoms with van der Waals surface area (Å²) in [6.07, 6.45) is 3.19. The van der Waals surface area contributed by atoms with Crippen LogP contribution in [0.3, 0.4) is 0 Å². The number of carbonyl (C=O) groups excluding carboxylic acids is 1. The van der Waals surface area contributed by atoms with Gasteiger partial charge in [-0.05, 0) is 62.9 Å². The van der Waals surface area contributed by atoms with Crippen LogP contribution in [0, 0.1) is 0 Å². The average Bonchev–Trinajstić information content (AvgIpc) is 3.22. The molecule has 2 aromatic carbocycles. The lowest BCUT2D eigenvalue weighted by atomic mass is 10.0. The van der Waals surface area contributed by atoms with Crippen molar-refractivity contribution in [1.29, 1.82) is 0 Å². The number of piperidine rings is 1. The number of aromatic nitrogens is 1. The minimum absolute atomic E-state index is 0.00397. The van der Waals surface area contributed by atoms with Crippen molar-refractivity contribution in [2.75, 3.05) is 13.1 Å². The Hall–Kier alpha value is -2.79. The second-order valence-electron chi connectivity index (χ2n) is 8.72. The number of benzene rings is 2. The van der Waals surface area contributed by atoms with Crippen LogP contribution in [0.5, 0.6) is 5.75 Å². The van der Waals surface area contributed by atoms with Crippen LogP contribution in [0.15, 0.2) is 54.6 Å². The van der Waals surface area contributed by atoms with E-state index < -0.39 is 0 Å². The van der Waals surface area contributed by atoms with Crippen LogP contribution in [0.1, 0.15) is 62.1 Å². The molecular weight excluding hydrogens is 386 g/mol. The Kier molecular flexibility index (Phi) is 6.62. The van der Waals surface area contributed by atoms with E-state index in [9.17, 15) is 4.79 Å². The first-order valence-corrected chi connectivity index (χ1v) is 11.4. The molecule has 1 fully saturated rings. The molecule has 0 spiro atoms. The molecule has 164 valence electrons. The monoisotopic (exact) mass is 419 g/mol. The van der Waals surface area contributed by atoms with Crippen molar-refractivity contribution >= 4 is 16.8 Å². The predicted octanol–water partition coefficient (Wildman–Crippen LogP) is 5.30. The number of ether oxygens (including phenoxy) is 1. The summed E-state index contributed by atoms with van der Waals surface area (Å²) >= 11 is 0. The van der Waals surface area contributed by atoms with Gasteiger partial charge in [-0.3, -0.25) is 4.79 Å². The molecule has 1 aliphatic rings. The first-order chi connectivity index (χ1) is 15.0. The Balaban J connectivity index is 1.42. The van der Waals surface area contributed by atoms with E-state index >= 15 is 0 Å². The van der Waals surface area contributed by atoms with Crippen molar-refractivity contribution < 1.29 is 9.53 Å². The van der Waals surface area contributed by atoms with Gasteiger partial charge in [0, 0.05) is 30.0 Å². The van der Waals surface area contributed by atoms with Crippen LogP contribution < -0.4 is 10.1 Å². The van der Waals surface area contributed by atoms with Crippen LogP contribution in [0.25, 0.3) is 10.9 Å². The maximum atomic E-state index is 12.9. The van der Waals surface area contributed by atoms with Gasteiger partial charge in [0.1, 0.15) is 17.5 Å². The molecule has 2 N–H and O–H groups in total. The number of H-pyrrole nitrogens is 1. The van der Waals surface area contributed by atoms with Gasteiger partial charge in [0.15, 0.2) is 0 Å². The maximum absolute atomic E-state index is 12.9. The highest BCUT2D eigenvalue weighted by Crippen LogP contribution is 2.26. The highest BCUT2D eigenvalue weighted by molar-refractivity contribution is 5.98. The summed E-state index contributed by atoms with van der Waals surface area (Å²) in [5.41, 5.74) is 2.64. The minimum Gasteiger partial charge on any atom is -0.490 e. The smallest absolute Gasteiger partial charge is 0.268 e. The first-order valence-electron chi connectivity index (χ1n) is 11.4. The third-order valence-electron chi connectivity index (χ3n) is 6.26. The van der Waals surface area contributed by atoms with Crippen LogP contribution in [-0.2, 0) is 0 Å². The molecule has 0 bridgehead atoms. The van der Waals surface area contributed by atoms with E-state index in [1.165, 1.54) is 0 Å². The van der Waals surface area contributed by atoms with Crippen molar-refractivity contribution in [3.63, 3.8) is 0 Å². The third kappa shape index (κ3) is 5.10. The molecule has 1 saturated heterocycles. The van der Waals surface area contributed by atoms with Gasteiger partial charge in [-0.25, -0.2) is 0 Å². The van der Waals surface area contributed by atoms with E-state index in [0.29, 0.717) is 11.7 Å². The number of aromatic amines is 1. The first kappa shape index (κ1) is 21.4. The molecule has 1 unspecified atom stereocenters. The molecule has 0 saturated carbocycles. The Morgan fingerprint density at radius 1 is 1.13 bits per heavy atom. The van der Waals surface area contributed by atoms with Crippen molar-refractivity contribution in [3.05, 3.63) is 65.9 Å². The molecule has 0 radical (unpaired) electrons. The highest BCUT2D eigenvalue weighted by Gasteiger charge is 2.22. The molecule has 2 heterocycles. The van der Waals surface area contributed by atoms with Gasteiger partial charge in [0.25, 0.3) is 5.91 Å². The van der Waals surface area contributed by atoms with Gasteiger partial charge in [0.05, 0.1) is 6.04 Å². The van der Waals surface area contributed by atoms with E-state index in [2.05, 4.69) is 48.1 Å². The van der Waals surface area contributed by atoms with Gasteiger partial charge in [-0.2, -0.15) is 0 Å². The largest absolute Gasteiger partial charge is 0.490 e. The lowest BCUT2D eigenvalue weighted by Gasteiger charge is -2.34. The number of amides is 1. The molecule has 3 aromatic rings. The number of rotatable bonds is 7. The van der Waals surface area contributed by atoms with Crippen molar-refractivity contribution in [3.8, 4) is 5.75 Å². The Labute approximate surface area is 184 Å². The van der Waals surface area contributed by atoms with E-state index in [-0.39, 0.29) is 18.1 Å². The third-order valence-corrected chi connectivity index (χ3v) is 6.26. The lowest BCUT2D eigenvalue weighted by molar-refractivity contribution is 0.0844. The molecule has 1 atom stereocenters. The number of nitrogens with zero attached hydrogens (tertiary/aromatic N) is 1. The molecule has 4 rings (SSSR count). The highest BCUT2D eigenvalue weighted by atomic mass is 16.5. The molecule has 5 nitrogen and oxygen atoms in total. The molecule has 0 aliphatic carbocycles. The standard InChI is InChI=1S/C26H33N3O2/c1-4-23(19-8-6-5-7-9-19)28-26(30)25-17-20-16-22(10-11-24(20)27-25)31-21-12-14-29(15-13-21)18(2)3/h5-11,16-18,21,23,27H,4,12-15H2,1-3H3,(H,28,30). The van der Waals surface area contributed by atoms with Gasteiger partial charge < -0.3 is 19.9 Å². The number of carbonyl (C=O) groups is 1. The topological polar surface area (TPSA) is 57.4 Å². The van der Waals surface area contributed by atoms with Gasteiger partial charge in [-0.15, -0.1) is 0 Å². The van der Waals surface area contributed by atoms with E-state index in [1.807, 2.05) is 42.5 Å². The zero-order valence-electron chi connectivity index (χ0n) is 18.7. The molecule has 5 heteroatoms. The summed E-state index contributed by atoms with van der Waals surface area (Å²) in [5.74, 6) is 0.785. The molecule has 31 heavy (non-hydrogen) atoms. The summed E-state index contributed by atoms with van der Waals surface area (Å²) in [7, 11) is 0. The van der Waals surface area contributed by atoms with Crippen LogP contribution in [-0.4, -0.2) is 41.0 Å². The fraction of sp³-hybridized carbons (Fsp3) is 0.423. The fourth-order valence-electron chi connectivity index (χ4n) is 4.35. The van der Waals surface area contributed by atoms with E-state index in [4.69, 9.17) is 4.74 Å². The van der Waals surface area contributed by atoms with Crippen molar-refractivity contribution in [2.24, 2.45) is 0 Å². The van der Waals surface area contributed by atoms with Gasteiger partial charge >= 0.3 is 0 Å². The summed E-state index contributed by atoms with van der Waals surface area (Å²) in [5, 5.41) is 4.14. The second-order valence-corrected chi connectivity index (χ2v) is 8.72. The molecular formula is C26H33N3O2. The summed E-state index contributed by atoms with van der Waals surface area (Å²) in [6.45, 7) is 8.74. The Morgan fingerprint density at radius 3 is 2.55 bits per heavy atom. The zero-order valence-corrected chi connectivity index (χ0v) is 18.7. The second kappa shape index (κ2) is 9.56. The quantitative estimate of drug-likeness (QED) is 0.546. The number of nitrogens with one attached hydrogen (secondary N) is 2. The SMILES string of the molecule is CCC(NC(=O)c1cc2cc(OC3CCN(C(C)C)CC3)ccc2[nH]1)c1ccccc1. The summed E-state index contributed by atoms with van der Waals surface area (Å²) < 4.78 is 6.26. The number of fused-ring (bicyclic) bond motifs is 1. The Morgan fingerprint density at radius 2 is 1.87 bits per heavy atom. The van der Waals surface area contributed by atoms with E-state index in [0.717, 1.165) is 54.6 Å². The van der Waals surface area contributed by atoms with Crippen LogP contribution >= 0.6 is 0 Å². The average molecular weight is 420 g/mol. The van der Waals surface area contributed by atoms with E-state index in [1.54, 1.807) is 0 Å². The minimum atomic E-state index is -0.0876. The molecule has 1 aromatic heterocycles. The Bertz CT molecular complexity index is 1000. The fourth-order valence-corrected chi connectivity index (χ4v) is 4.35. The van der Waals surface area contributed by atoms with Crippen LogP contribution in [0.4, 0.5) is 0 Å². The van der Waals surface area contributed by atoms with Gasteiger partial charge in [0.2, 0.25) is 0 Å². The molecule has 1 amide bonds. The van der Waals surface area contributed by atoms with Crippen molar-refractivity contribution in [2.45, 2.75) is 58.2 Å². The van der Waals surface area contributed by atoms with Crippen molar-refractivity contribution in [1.82, 2.24) is 15.2 Å². The summed E-state index contributed by atoms with van der Waals surface area (Å²) in [6, 6.07) is 18.6. The predicted molar refractivity (Wildman–Crippen MR) is 126 cm³/mol. The maximum Gasteiger partial charge on any atom is 0.268 e. The lowest BCUT2D eigenvalue weighted by Crippen LogP contribution is -2.41. The summed E-state index contributed by atoms with van der Waals surface area (Å²) in [4.78, 5) is 18.6. The number of likely N-dealkylation sites (tertiary alicyclic amines) is 1. The van der Waals surface area contributed by atoms with Crippen LogP contribution in [0.2, 0.25) is 0 Å². The number of hydrogen-bond donors (Lipinski definition) is 2. The zero-order chi connectivity index (χ0) is 21.8. The van der Waals surface area contributed by atoms with Gasteiger partial charge in [-0.1, -0.05) is 37.3 Å². The normalized spacial score (nSPS) is 16.5.